The minimum atomic E-state index is -0.511. The molecule has 1 aliphatic rings. The Morgan fingerprint density at radius 1 is 1.39 bits per heavy atom. The molecule has 0 bridgehead atoms. The molecule has 1 heterocycles. The van der Waals surface area contributed by atoms with E-state index < -0.39 is 11.6 Å². The highest BCUT2D eigenvalue weighted by Gasteiger charge is 2.27. The smallest absolute Gasteiger partial charge is 0.131 e. The molecule has 98 valence electrons. The summed E-state index contributed by atoms with van der Waals surface area (Å²) < 4.78 is 27.1. The highest BCUT2D eigenvalue weighted by atomic mass is 19.1. The van der Waals surface area contributed by atoms with Crippen LogP contribution in [0, 0.1) is 11.6 Å². The zero-order chi connectivity index (χ0) is 13.1. The Morgan fingerprint density at radius 2 is 2.06 bits per heavy atom. The summed E-state index contributed by atoms with van der Waals surface area (Å²) in [6.45, 7) is 2.60. The van der Waals surface area contributed by atoms with E-state index in [0.717, 1.165) is 19.4 Å². The molecular formula is C14H17F2NO. The Bertz CT molecular complexity index is 427. The van der Waals surface area contributed by atoms with Crippen molar-refractivity contribution in [3.63, 3.8) is 0 Å². The molecule has 1 aromatic carbocycles. The van der Waals surface area contributed by atoms with E-state index in [2.05, 4.69) is 0 Å². The van der Waals surface area contributed by atoms with Gasteiger partial charge >= 0.3 is 0 Å². The largest absolute Gasteiger partial charge is 0.300 e. The second kappa shape index (κ2) is 5.57. The first-order chi connectivity index (χ1) is 8.58. The van der Waals surface area contributed by atoms with Gasteiger partial charge in [-0.3, -0.25) is 9.69 Å². The maximum absolute atomic E-state index is 13.6. The summed E-state index contributed by atoms with van der Waals surface area (Å²) in [4.78, 5) is 13.2. The number of hydrogen-bond acceptors (Lipinski definition) is 2. The quantitative estimate of drug-likeness (QED) is 0.822. The summed E-state index contributed by atoms with van der Waals surface area (Å²) in [7, 11) is 0. The zero-order valence-corrected chi connectivity index (χ0v) is 10.5. The maximum Gasteiger partial charge on any atom is 0.131 e. The monoisotopic (exact) mass is 253 g/mol. The third-order valence-electron chi connectivity index (χ3n) is 3.45. The normalized spacial score (nSPS) is 20.3. The van der Waals surface area contributed by atoms with Gasteiger partial charge in [-0.25, -0.2) is 8.78 Å². The van der Waals surface area contributed by atoms with Crippen molar-refractivity contribution >= 4 is 5.78 Å². The second-order valence-corrected chi connectivity index (χ2v) is 4.87. The Balaban J connectivity index is 2.10. The number of Topliss-reactive ketones (excluding diaryl/α,β-unsaturated/α-hetero) is 1. The summed E-state index contributed by atoms with van der Waals surface area (Å²) in [5, 5.41) is 0. The maximum atomic E-state index is 13.6. The van der Waals surface area contributed by atoms with Crippen LogP contribution in [0.15, 0.2) is 18.2 Å². The number of rotatable bonds is 4. The molecule has 0 amide bonds. The van der Waals surface area contributed by atoms with Gasteiger partial charge in [-0.1, -0.05) is 6.07 Å². The summed E-state index contributed by atoms with van der Waals surface area (Å²) in [5.41, 5.74) is 0.105. The lowest BCUT2D eigenvalue weighted by Crippen LogP contribution is -2.31. The van der Waals surface area contributed by atoms with E-state index in [4.69, 9.17) is 0 Å². The van der Waals surface area contributed by atoms with Crippen molar-refractivity contribution in [3.05, 3.63) is 35.4 Å². The molecule has 1 unspecified atom stereocenters. The van der Waals surface area contributed by atoms with Gasteiger partial charge in [0, 0.05) is 24.6 Å². The van der Waals surface area contributed by atoms with Gasteiger partial charge in [-0.05, 0) is 38.4 Å². The predicted octanol–water partition coefficient (Wildman–Crippen LogP) is 2.91. The van der Waals surface area contributed by atoms with Gasteiger partial charge in [0.25, 0.3) is 0 Å². The Kier molecular flexibility index (Phi) is 4.07. The lowest BCUT2D eigenvalue weighted by molar-refractivity contribution is -0.118. The van der Waals surface area contributed by atoms with Crippen molar-refractivity contribution in [2.24, 2.45) is 0 Å². The van der Waals surface area contributed by atoms with E-state index in [9.17, 15) is 13.6 Å². The standard InChI is InChI=1S/C14H17F2NO/c1-10(18)8-11-4-3-7-17(11)9-12-13(15)5-2-6-14(12)16/h2,5-6,11H,3-4,7-9H2,1H3. The SMILES string of the molecule is CC(=O)CC1CCCN1Cc1c(F)cccc1F. The first kappa shape index (κ1) is 13.1. The van der Waals surface area contributed by atoms with Gasteiger partial charge in [0.2, 0.25) is 0 Å². The number of carbonyl (C=O) groups excluding carboxylic acids is 1. The fourth-order valence-electron chi connectivity index (χ4n) is 2.55. The number of hydrogen-bond donors (Lipinski definition) is 0. The van der Waals surface area contributed by atoms with Crippen LogP contribution in [0.1, 0.15) is 31.7 Å². The molecule has 0 radical (unpaired) electrons. The van der Waals surface area contributed by atoms with Crippen molar-refractivity contribution < 1.29 is 13.6 Å². The van der Waals surface area contributed by atoms with Crippen molar-refractivity contribution in [1.29, 1.82) is 0 Å². The Labute approximate surface area is 106 Å². The molecule has 2 nitrogen and oxygen atoms in total. The van der Waals surface area contributed by atoms with Crippen LogP contribution in [0.4, 0.5) is 8.78 Å². The number of carbonyl (C=O) groups is 1. The number of nitrogens with zero attached hydrogens (tertiary/aromatic N) is 1. The van der Waals surface area contributed by atoms with Gasteiger partial charge in [0.05, 0.1) is 0 Å². The Morgan fingerprint density at radius 3 is 2.67 bits per heavy atom. The lowest BCUT2D eigenvalue weighted by atomic mass is 10.1. The molecule has 1 aliphatic heterocycles. The average molecular weight is 253 g/mol. The van der Waals surface area contributed by atoms with Crippen LogP contribution in [0.2, 0.25) is 0 Å². The number of benzene rings is 1. The van der Waals surface area contributed by atoms with Gasteiger partial charge in [0.15, 0.2) is 0 Å². The molecule has 0 saturated carbocycles. The summed E-state index contributed by atoms with van der Waals surface area (Å²) >= 11 is 0. The molecule has 4 heteroatoms. The number of likely N-dealkylation sites (tertiary alicyclic amines) is 1. The highest BCUT2D eigenvalue weighted by Crippen LogP contribution is 2.24. The van der Waals surface area contributed by atoms with Crippen LogP contribution in [0.5, 0.6) is 0 Å². The van der Waals surface area contributed by atoms with Crippen molar-refractivity contribution in [1.82, 2.24) is 4.90 Å². The van der Waals surface area contributed by atoms with Gasteiger partial charge in [0.1, 0.15) is 17.4 Å². The van der Waals surface area contributed by atoms with E-state index in [0.29, 0.717) is 6.42 Å². The molecule has 0 N–H and O–H groups in total. The van der Waals surface area contributed by atoms with E-state index in [1.165, 1.54) is 18.2 Å². The summed E-state index contributed by atoms with van der Waals surface area (Å²) in [6, 6.07) is 4.04. The molecule has 1 aromatic rings. The fraction of sp³-hybridized carbons (Fsp3) is 0.500. The topological polar surface area (TPSA) is 20.3 Å². The summed E-state index contributed by atoms with van der Waals surface area (Å²) in [5.74, 6) is -0.896. The molecule has 0 aliphatic carbocycles. The zero-order valence-electron chi connectivity index (χ0n) is 10.5. The van der Waals surface area contributed by atoms with Crippen LogP contribution >= 0.6 is 0 Å². The molecule has 1 fully saturated rings. The minimum Gasteiger partial charge on any atom is -0.300 e. The fourth-order valence-corrected chi connectivity index (χ4v) is 2.55. The first-order valence-corrected chi connectivity index (χ1v) is 6.24. The third kappa shape index (κ3) is 2.93. The molecular weight excluding hydrogens is 236 g/mol. The lowest BCUT2D eigenvalue weighted by Gasteiger charge is -2.24. The van der Waals surface area contributed by atoms with Gasteiger partial charge in [-0.2, -0.15) is 0 Å². The van der Waals surface area contributed by atoms with Crippen LogP contribution in [-0.4, -0.2) is 23.3 Å². The average Bonchev–Trinajstić information content (AvgIpc) is 2.70. The number of ketones is 1. The molecule has 18 heavy (non-hydrogen) atoms. The van der Waals surface area contributed by atoms with E-state index in [-0.39, 0.29) is 23.9 Å². The van der Waals surface area contributed by atoms with E-state index in [1.807, 2.05) is 4.90 Å². The summed E-state index contributed by atoms with van der Waals surface area (Å²) in [6.07, 6.45) is 2.37. The van der Waals surface area contributed by atoms with Gasteiger partial charge < -0.3 is 0 Å². The van der Waals surface area contributed by atoms with Crippen LogP contribution in [-0.2, 0) is 11.3 Å². The van der Waals surface area contributed by atoms with Crippen LogP contribution in [0.25, 0.3) is 0 Å². The van der Waals surface area contributed by atoms with Crippen molar-refractivity contribution in [3.8, 4) is 0 Å². The van der Waals surface area contributed by atoms with Crippen LogP contribution in [0.3, 0.4) is 0 Å². The van der Waals surface area contributed by atoms with Crippen molar-refractivity contribution in [2.45, 2.75) is 38.8 Å². The van der Waals surface area contributed by atoms with Gasteiger partial charge in [-0.15, -0.1) is 0 Å². The minimum absolute atomic E-state index is 0.105. The molecule has 1 atom stereocenters. The third-order valence-corrected chi connectivity index (χ3v) is 3.45. The predicted molar refractivity (Wildman–Crippen MR) is 65.1 cm³/mol. The molecule has 0 spiro atoms. The molecule has 2 rings (SSSR count). The molecule has 0 aromatic heterocycles. The Hall–Kier alpha value is -1.29. The molecule has 1 saturated heterocycles. The number of halogens is 2. The highest BCUT2D eigenvalue weighted by molar-refractivity contribution is 5.76. The second-order valence-electron chi connectivity index (χ2n) is 4.87. The van der Waals surface area contributed by atoms with Crippen LogP contribution < -0.4 is 0 Å². The van der Waals surface area contributed by atoms with E-state index >= 15 is 0 Å². The van der Waals surface area contributed by atoms with E-state index in [1.54, 1.807) is 6.92 Å². The van der Waals surface area contributed by atoms with Crippen molar-refractivity contribution in [2.75, 3.05) is 6.54 Å². The first-order valence-electron chi connectivity index (χ1n) is 6.24.